The maximum absolute atomic E-state index is 6.01. The summed E-state index contributed by atoms with van der Waals surface area (Å²) in [6.45, 7) is 9.05. The van der Waals surface area contributed by atoms with Gasteiger partial charge in [0.2, 0.25) is 0 Å². The van der Waals surface area contributed by atoms with Gasteiger partial charge in [0, 0.05) is 61.9 Å². The third kappa shape index (κ3) is 5.92. The molecule has 1 unspecified atom stereocenters. The van der Waals surface area contributed by atoms with E-state index in [1.54, 1.807) is 35.3 Å². The van der Waals surface area contributed by atoms with Crippen molar-refractivity contribution >= 4 is 75.2 Å². The Labute approximate surface area is 307 Å². The molecule has 10 nitrogen and oxygen atoms in total. The minimum Gasteiger partial charge on any atom is -0.378 e. The molecule has 0 aromatic carbocycles. The first-order valence-electron chi connectivity index (χ1n) is 18.9. The molecule has 9 rings (SSSR count). The predicted molar refractivity (Wildman–Crippen MR) is 210 cm³/mol. The second-order valence-corrected chi connectivity index (χ2v) is 17.0. The van der Waals surface area contributed by atoms with Gasteiger partial charge in [0.05, 0.1) is 33.6 Å². The van der Waals surface area contributed by atoms with Crippen molar-refractivity contribution in [2.75, 3.05) is 57.2 Å². The zero-order valence-corrected chi connectivity index (χ0v) is 31.9. The van der Waals surface area contributed by atoms with Gasteiger partial charge in [0.15, 0.2) is 0 Å². The molecule has 0 amide bonds. The molecule has 3 aliphatic rings. The SMILES string of the molecule is CC(C)c1nc2sc3c(NCCCN4CCOCC4CCCc4nc5sc6c(N(C)C)ncnc6c5c5c4CCC5)ncnc3c2c2c1CCC2. The van der Waals surface area contributed by atoms with E-state index in [2.05, 4.69) is 48.0 Å². The highest BCUT2D eigenvalue weighted by Crippen LogP contribution is 2.43. The zero-order valence-electron chi connectivity index (χ0n) is 30.2. The fourth-order valence-electron chi connectivity index (χ4n) is 8.86. The third-order valence-electron chi connectivity index (χ3n) is 11.2. The van der Waals surface area contributed by atoms with Gasteiger partial charge in [-0.2, -0.15) is 0 Å². The van der Waals surface area contributed by atoms with Gasteiger partial charge in [-0.15, -0.1) is 22.7 Å². The van der Waals surface area contributed by atoms with E-state index in [-0.39, 0.29) is 0 Å². The summed E-state index contributed by atoms with van der Waals surface area (Å²) in [6.07, 6.45) is 14.6. The fourth-order valence-corrected chi connectivity index (χ4v) is 11.2. The lowest BCUT2D eigenvalue weighted by Gasteiger charge is -2.35. The Morgan fingerprint density at radius 3 is 2.37 bits per heavy atom. The first kappa shape index (κ1) is 33.3. The van der Waals surface area contributed by atoms with E-state index in [4.69, 9.17) is 29.7 Å². The first-order valence-corrected chi connectivity index (χ1v) is 20.5. The number of hydrogen-bond donors (Lipinski definition) is 1. The van der Waals surface area contributed by atoms with Crippen LogP contribution in [0.2, 0.25) is 0 Å². The van der Waals surface area contributed by atoms with Crippen molar-refractivity contribution in [3.63, 3.8) is 0 Å². The molecule has 1 fully saturated rings. The molecule has 1 atom stereocenters. The number of anilines is 2. The van der Waals surface area contributed by atoms with Crippen LogP contribution in [0.4, 0.5) is 11.6 Å². The molecular weight excluding hydrogens is 675 g/mol. The summed E-state index contributed by atoms with van der Waals surface area (Å²) in [6, 6.07) is 0.439. The number of aromatic nitrogens is 6. The summed E-state index contributed by atoms with van der Waals surface area (Å²) >= 11 is 3.51. The minimum absolute atomic E-state index is 0.431. The van der Waals surface area contributed by atoms with Crippen molar-refractivity contribution in [1.82, 2.24) is 34.8 Å². The highest BCUT2D eigenvalue weighted by molar-refractivity contribution is 7.26. The van der Waals surface area contributed by atoms with Crippen molar-refractivity contribution in [2.45, 2.75) is 90.0 Å². The molecule has 1 saturated heterocycles. The molecule has 12 heteroatoms. The number of nitrogens with one attached hydrogen (secondary N) is 1. The molecule has 0 bridgehead atoms. The Morgan fingerprint density at radius 2 is 1.57 bits per heavy atom. The Bertz CT molecular complexity index is 2260. The average molecular weight is 722 g/mol. The summed E-state index contributed by atoms with van der Waals surface area (Å²) in [7, 11) is 4.10. The lowest BCUT2D eigenvalue weighted by atomic mass is 9.99. The van der Waals surface area contributed by atoms with Gasteiger partial charge in [-0.1, -0.05) is 13.8 Å². The molecule has 0 saturated carbocycles. The third-order valence-corrected chi connectivity index (χ3v) is 13.4. The van der Waals surface area contributed by atoms with Crippen LogP contribution in [0.15, 0.2) is 12.7 Å². The molecule has 266 valence electrons. The summed E-state index contributed by atoms with van der Waals surface area (Å²) in [5.41, 5.74) is 10.6. The van der Waals surface area contributed by atoms with Crippen LogP contribution in [0.3, 0.4) is 0 Å². The van der Waals surface area contributed by atoms with E-state index in [0.29, 0.717) is 12.0 Å². The van der Waals surface area contributed by atoms with E-state index >= 15 is 0 Å². The Hall–Kier alpha value is -3.58. The number of morpholine rings is 1. The number of fused-ring (bicyclic) bond motifs is 10. The lowest BCUT2D eigenvalue weighted by molar-refractivity contribution is -0.0109. The van der Waals surface area contributed by atoms with E-state index in [1.165, 1.54) is 57.3 Å². The van der Waals surface area contributed by atoms with Crippen LogP contribution in [0.5, 0.6) is 0 Å². The van der Waals surface area contributed by atoms with Crippen LogP contribution in [-0.4, -0.2) is 87.8 Å². The van der Waals surface area contributed by atoms with Gasteiger partial charge >= 0.3 is 0 Å². The number of pyridine rings is 2. The lowest BCUT2D eigenvalue weighted by Crippen LogP contribution is -2.46. The second kappa shape index (κ2) is 13.8. The van der Waals surface area contributed by atoms with Gasteiger partial charge < -0.3 is 15.0 Å². The highest BCUT2D eigenvalue weighted by Gasteiger charge is 2.28. The van der Waals surface area contributed by atoms with Crippen molar-refractivity contribution < 1.29 is 4.74 Å². The quantitative estimate of drug-likeness (QED) is 0.135. The van der Waals surface area contributed by atoms with Crippen LogP contribution >= 0.6 is 22.7 Å². The second-order valence-electron chi connectivity index (χ2n) is 15.0. The Kier molecular flexibility index (Phi) is 8.98. The van der Waals surface area contributed by atoms with Crippen molar-refractivity contribution in [1.29, 1.82) is 0 Å². The minimum atomic E-state index is 0.431. The van der Waals surface area contributed by atoms with Crippen LogP contribution in [0.25, 0.3) is 40.9 Å². The standard InChI is InChI=1S/C39H47N9OS2/c1-22(2)31-27-13-7-12-26(27)30-32-34(50-39(30)46-31)36(43-20-41-32)40-15-8-16-48-17-18-49-19-23(48)9-5-14-28-24-10-6-11-25(24)29-33-35(51-38(29)45-28)37(47(3)4)44-21-42-33/h20-23H,5-19H2,1-4H3,(H,40,41,43). The van der Waals surface area contributed by atoms with Gasteiger partial charge in [-0.25, -0.2) is 29.9 Å². The zero-order chi connectivity index (χ0) is 34.6. The van der Waals surface area contributed by atoms with E-state index in [1.807, 2.05) is 0 Å². The normalized spacial score (nSPS) is 17.8. The van der Waals surface area contributed by atoms with E-state index in [9.17, 15) is 0 Å². The molecule has 51 heavy (non-hydrogen) atoms. The average Bonchev–Trinajstić information content (AvgIpc) is 3.94. The molecule has 1 N–H and O–H groups in total. The Balaban J connectivity index is 0.857. The van der Waals surface area contributed by atoms with Crippen LogP contribution in [-0.2, 0) is 36.8 Å². The number of rotatable bonds is 11. The Morgan fingerprint density at radius 1 is 0.863 bits per heavy atom. The van der Waals surface area contributed by atoms with Gasteiger partial charge in [-0.05, 0) is 92.4 Å². The molecule has 0 radical (unpaired) electrons. The van der Waals surface area contributed by atoms with Gasteiger partial charge in [0.1, 0.15) is 34.0 Å². The van der Waals surface area contributed by atoms with Gasteiger partial charge in [0.25, 0.3) is 0 Å². The largest absolute Gasteiger partial charge is 0.378 e. The first-order chi connectivity index (χ1) is 25.0. The number of nitrogens with zero attached hydrogens (tertiary/aromatic N) is 8. The molecule has 7 heterocycles. The molecular formula is C39H47N9OS2. The van der Waals surface area contributed by atoms with Crippen molar-refractivity contribution in [3.8, 4) is 0 Å². The van der Waals surface area contributed by atoms with Crippen molar-refractivity contribution in [2.24, 2.45) is 0 Å². The monoisotopic (exact) mass is 721 g/mol. The molecule has 6 aromatic heterocycles. The highest BCUT2D eigenvalue weighted by atomic mass is 32.1. The van der Waals surface area contributed by atoms with E-state index in [0.717, 1.165) is 126 Å². The predicted octanol–water partition coefficient (Wildman–Crippen LogP) is 7.48. The number of thiophene rings is 2. The van der Waals surface area contributed by atoms with Gasteiger partial charge in [-0.3, -0.25) is 4.90 Å². The fraction of sp³-hybridized carbons (Fsp3) is 0.538. The molecule has 0 spiro atoms. The maximum atomic E-state index is 6.01. The topological polar surface area (TPSA) is 105 Å². The number of hydrogen-bond acceptors (Lipinski definition) is 12. The maximum Gasteiger partial charge on any atom is 0.149 e. The van der Waals surface area contributed by atoms with Crippen molar-refractivity contribution in [3.05, 3.63) is 46.3 Å². The summed E-state index contributed by atoms with van der Waals surface area (Å²) in [4.78, 5) is 36.3. The van der Waals surface area contributed by atoms with Crippen LogP contribution in [0.1, 0.15) is 85.5 Å². The number of ether oxygens (including phenoxy) is 1. The van der Waals surface area contributed by atoms with Crippen LogP contribution in [0, 0.1) is 0 Å². The van der Waals surface area contributed by atoms with Crippen LogP contribution < -0.4 is 10.2 Å². The smallest absolute Gasteiger partial charge is 0.149 e. The molecule has 2 aliphatic carbocycles. The summed E-state index contributed by atoms with van der Waals surface area (Å²) in [5.74, 6) is 2.36. The molecule has 1 aliphatic heterocycles. The molecule has 6 aromatic rings. The summed E-state index contributed by atoms with van der Waals surface area (Å²) < 4.78 is 8.29. The number of aryl methyl sites for hydroxylation is 3. The van der Waals surface area contributed by atoms with E-state index < -0.39 is 0 Å². The summed E-state index contributed by atoms with van der Waals surface area (Å²) in [5, 5.41) is 6.23.